The molecular formula is C11H11ClN2O2S. The molecule has 2 aromatic heterocycles. The highest BCUT2D eigenvalue weighted by molar-refractivity contribution is 7.17. The van der Waals surface area contributed by atoms with Crippen LogP contribution in [0.2, 0.25) is 5.15 Å². The predicted molar refractivity (Wildman–Crippen MR) is 68.1 cm³/mol. The molecule has 0 bridgehead atoms. The number of hydrogen-bond acceptors (Lipinski definition) is 5. The van der Waals surface area contributed by atoms with Crippen LogP contribution in [0.25, 0.3) is 0 Å². The van der Waals surface area contributed by atoms with Gasteiger partial charge < -0.3 is 9.32 Å². The molecule has 0 saturated carbocycles. The summed E-state index contributed by atoms with van der Waals surface area (Å²) in [5, 5.41) is 0.952. The minimum Gasteiger partial charge on any atom is -0.464 e. The maximum Gasteiger partial charge on any atom is 0.187 e. The van der Waals surface area contributed by atoms with Crippen LogP contribution in [0.5, 0.6) is 0 Å². The Morgan fingerprint density at radius 1 is 1.59 bits per heavy atom. The summed E-state index contributed by atoms with van der Waals surface area (Å²) in [5.74, 6) is 1.73. The number of carbonyl (C=O) groups excluding carboxylic acids is 1. The van der Waals surface area contributed by atoms with Gasteiger partial charge >= 0.3 is 0 Å². The van der Waals surface area contributed by atoms with Gasteiger partial charge in [0.25, 0.3) is 0 Å². The van der Waals surface area contributed by atoms with Gasteiger partial charge in [-0.3, -0.25) is 4.79 Å². The number of anilines is 1. The van der Waals surface area contributed by atoms with Crippen molar-refractivity contribution in [1.29, 1.82) is 0 Å². The molecule has 0 radical (unpaired) electrons. The van der Waals surface area contributed by atoms with Crippen LogP contribution in [-0.2, 0) is 6.54 Å². The Kier molecular flexibility index (Phi) is 3.49. The zero-order valence-electron chi connectivity index (χ0n) is 9.44. The number of thiazole rings is 1. The second kappa shape index (κ2) is 4.89. The predicted octanol–water partition coefficient (Wildman–Crippen LogP) is 3.15. The molecule has 2 rings (SSSR count). The van der Waals surface area contributed by atoms with Gasteiger partial charge in [0.2, 0.25) is 0 Å². The van der Waals surface area contributed by atoms with E-state index in [1.54, 1.807) is 0 Å². The number of aromatic nitrogens is 1. The minimum absolute atomic E-state index is 0.252. The molecule has 0 fully saturated rings. The third-order valence-corrected chi connectivity index (χ3v) is 3.72. The van der Waals surface area contributed by atoms with Gasteiger partial charge in [-0.05, 0) is 19.1 Å². The molecule has 0 amide bonds. The standard InChI is InChI=1S/C11H11ClN2O2S/c1-7-3-4-8(16-7)5-14(2)11-13-10(12)9(6-15)17-11/h3-4,6H,5H2,1-2H3. The molecule has 0 atom stereocenters. The molecule has 0 aliphatic rings. The lowest BCUT2D eigenvalue weighted by atomic mass is 10.4. The van der Waals surface area contributed by atoms with Crippen LogP contribution in [-0.4, -0.2) is 18.3 Å². The van der Waals surface area contributed by atoms with E-state index in [9.17, 15) is 4.79 Å². The van der Waals surface area contributed by atoms with Crippen LogP contribution in [0.4, 0.5) is 5.13 Å². The summed E-state index contributed by atoms with van der Waals surface area (Å²) in [7, 11) is 1.88. The van der Waals surface area contributed by atoms with Crippen molar-refractivity contribution in [2.24, 2.45) is 0 Å². The van der Waals surface area contributed by atoms with E-state index in [0.717, 1.165) is 11.5 Å². The van der Waals surface area contributed by atoms with Gasteiger partial charge in [0.1, 0.15) is 16.4 Å². The summed E-state index contributed by atoms with van der Waals surface area (Å²) in [6.07, 6.45) is 0.717. The van der Waals surface area contributed by atoms with Gasteiger partial charge in [0.15, 0.2) is 16.6 Å². The summed E-state index contributed by atoms with van der Waals surface area (Å²) >= 11 is 7.08. The highest BCUT2D eigenvalue weighted by Gasteiger charge is 2.13. The molecule has 17 heavy (non-hydrogen) atoms. The van der Waals surface area contributed by atoms with E-state index in [1.165, 1.54) is 11.3 Å². The Morgan fingerprint density at radius 2 is 2.35 bits per heavy atom. The van der Waals surface area contributed by atoms with Crippen LogP contribution in [0, 0.1) is 6.92 Å². The zero-order chi connectivity index (χ0) is 12.4. The molecule has 2 aromatic rings. The van der Waals surface area contributed by atoms with Crippen LogP contribution in [0.3, 0.4) is 0 Å². The molecule has 90 valence electrons. The van der Waals surface area contributed by atoms with E-state index < -0.39 is 0 Å². The van der Waals surface area contributed by atoms with Gasteiger partial charge in [-0.1, -0.05) is 22.9 Å². The summed E-state index contributed by atoms with van der Waals surface area (Å²) in [6.45, 7) is 2.49. The lowest BCUT2D eigenvalue weighted by Gasteiger charge is -2.13. The maximum absolute atomic E-state index is 10.7. The number of aryl methyl sites for hydroxylation is 1. The van der Waals surface area contributed by atoms with E-state index in [2.05, 4.69) is 4.98 Å². The largest absolute Gasteiger partial charge is 0.464 e. The number of rotatable bonds is 4. The number of nitrogens with zero attached hydrogens (tertiary/aromatic N) is 2. The van der Waals surface area contributed by atoms with Crippen molar-refractivity contribution in [2.45, 2.75) is 13.5 Å². The summed E-state index contributed by atoms with van der Waals surface area (Å²) in [4.78, 5) is 17.1. The first-order chi connectivity index (χ1) is 8.10. The van der Waals surface area contributed by atoms with Crippen molar-refractivity contribution >= 4 is 34.4 Å². The van der Waals surface area contributed by atoms with Crippen molar-refractivity contribution < 1.29 is 9.21 Å². The molecule has 0 unspecified atom stereocenters. The number of hydrogen-bond donors (Lipinski definition) is 0. The molecule has 0 N–H and O–H groups in total. The minimum atomic E-state index is 0.252. The molecule has 6 heteroatoms. The van der Waals surface area contributed by atoms with Crippen molar-refractivity contribution in [3.63, 3.8) is 0 Å². The second-order valence-corrected chi connectivity index (χ2v) is 5.00. The van der Waals surface area contributed by atoms with Gasteiger partial charge in [0.05, 0.1) is 6.54 Å². The fourth-order valence-corrected chi connectivity index (χ4v) is 2.43. The summed E-state index contributed by atoms with van der Waals surface area (Å²) < 4.78 is 5.47. The van der Waals surface area contributed by atoms with Crippen LogP contribution >= 0.6 is 22.9 Å². The molecule has 4 nitrogen and oxygen atoms in total. The smallest absolute Gasteiger partial charge is 0.187 e. The average molecular weight is 271 g/mol. The molecule has 0 aromatic carbocycles. The zero-order valence-corrected chi connectivity index (χ0v) is 11.0. The Bertz CT molecular complexity index is 535. The van der Waals surface area contributed by atoms with E-state index in [-0.39, 0.29) is 5.15 Å². The SMILES string of the molecule is Cc1ccc(CN(C)c2nc(Cl)c(C=O)s2)o1. The lowest BCUT2D eigenvalue weighted by Crippen LogP contribution is -2.15. The van der Waals surface area contributed by atoms with Crippen molar-refractivity contribution in [3.8, 4) is 0 Å². The van der Waals surface area contributed by atoms with E-state index in [1.807, 2.05) is 31.0 Å². The van der Waals surface area contributed by atoms with Crippen LogP contribution in [0.1, 0.15) is 21.2 Å². The average Bonchev–Trinajstić information content (AvgIpc) is 2.85. The Labute approximate surface area is 108 Å². The Balaban J connectivity index is 2.13. The van der Waals surface area contributed by atoms with E-state index in [0.29, 0.717) is 22.8 Å². The van der Waals surface area contributed by atoms with Crippen LogP contribution in [0.15, 0.2) is 16.5 Å². The van der Waals surface area contributed by atoms with Crippen molar-refractivity contribution in [2.75, 3.05) is 11.9 Å². The molecular weight excluding hydrogens is 260 g/mol. The monoisotopic (exact) mass is 270 g/mol. The fourth-order valence-electron chi connectivity index (χ4n) is 1.41. The number of halogens is 1. The topological polar surface area (TPSA) is 46.3 Å². The van der Waals surface area contributed by atoms with Crippen molar-refractivity contribution in [1.82, 2.24) is 4.98 Å². The highest BCUT2D eigenvalue weighted by atomic mass is 35.5. The quantitative estimate of drug-likeness (QED) is 0.801. The third-order valence-electron chi connectivity index (χ3n) is 2.22. The van der Waals surface area contributed by atoms with Gasteiger partial charge in [-0.2, -0.15) is 0 Å². The Hall–Kier alpha value is -1.33. The first-order valence-electron chi connectivity index (χ1n) is 4.98. The maximum atomic E-state index is 10.7. The molecule has 0 saturated heterocycles. The molecule has 0 aliphatic heterocycles. The molecule has 0 spiro atoms. The molecule has 0 aliphatic carbocycles. The van der Waals surface area contributed by atoms with E-state index in [4.69, 9.17) is 16.0 Å². The van der Waals surface area contributed by atoms with Gasteiger partial charge in [0, 0.05) is 7.05 Å². The van der Waals surface area contributed by atoms with Crippen molar-refractivity contribution in [3.05, 3.63) is 33.7 Å². The third kappa shape index (κ3) is 2.68. The van der Waals surface area contributed by atoms with Crippen LogP contribution < -0.4 is 4.90 Å². The summed E-state index contributed by atoms with van der Waals surface area (Å²) in [6, 6.07) is 3.83. The van der Waals surface area contributed by atoms with E-state index >= 15 is 0 Å². The first-order valence-corrected chi connectivity index (χ1v) is 6.17. The molecule has 2 heterocycles. The number of carbonyl (C=O) groups is 1. The summed E-state index contributed by atoms with van der Waals surface area (Å²) in [5.41, 5.74) is 0. The second-order valence-electron chi connectivity index (χ2n) is 3.64. The lowest BCUT2D eigenvalue weighted by molar-refractivity contribution is 0.112. The number of furan rings is 1. The van der Waals surface area contributed by atoms with Gasteiger partial charge in [-0.25, -0.2) is 4.98 Å². The number of aldehydes is 1. The van der Waals surface area contributed by atoms with Gasteiger partial charge in [-0.15, -0.1) is 0 Å². The highest BCUT2D eigenvalue weighted by Crippen LogP contribution is 2.28. The fraction of sp³-hybridized carbons (Fsp3) is 0.273. The first kappa shape index (κ1) is 12.1. The Morgan fingerprint density at radius 3 is 2.88 bits per heavy atom. The normalized spacial score (nSPS) is 10.5.